The van der Waals surface area contributed by atoms with Gasteiger partial charge in [0.25, 0.3) is 0 Å². The van der Waals surface area contributed by atoms with Crippen LogP contribution in [0.3, 0.4) is 0 Å². The first-order valence-electron chi connectivity index (χ1n) is 9.82. The molecule has 170 valence electrons. The van der Waals surface area contributed by atoms with E-state index in [1.807, 2.05) is 20.8 Å². The molecule has 1 heterocycles. The highest BCUT2D eigenvalue weighted by atomic mass is 35.5. The molecule has 0 spiro atoms. The van der Waals surface area contributed by atoms with Crippen LogP contribution in [0.5, 0.6) is 0 Å². The summed E-state index contributed by atoms with van der Waals surface area (Å²) in [6.07, 6.45) is 1.82. The number of furan rings is 1. The Kier molecular flexibility index (Phi) is 8.27. The first-order chi connectivity index (χ1) is 14.4. The number of carbonyl (C=O) groups excluding carboxylic acids is 2. The monoisotopic (exact) mass is 469 g/mol. The molecule has 1 aromatic heterocycles. The molecular formula is C21H28ClN3O5S. The maximum atomic E-state index is 13.0. The summed E-state index contributed by atoms with van der Waals surface area (Å²) in [5.74, 6) is -0.392. The maximum absolute atomic E-state index is 13.0. The molecule has 0 aliphatic heterocycles. The van der Waals surface area contributed by atoms with E-state index in [0.29, 0.717) is 17.2 Å². The Labute approximate surface area is 188 Å². The summed E-state index contributed by atoms with van der Waals surface area (Å²) < 4.78 is 32.7. The number of amides is 2. The van der Waals surface area contributed by atoms with Crippen molar-refractivity contribution in [1.82, 2.24) is 14.9 Å². The third kappa shape index (κ3) is 7.37. The van der Waals surface area contributed by atoms with Crippen molar-refractivity contribution in [2.75, 3.05) is 6.54 Å². The van der Waals surface area contributed by atoms with Gasteiger partial charge in [0.05, 0.1) is 24.2 Å². The highest BCUT2D eigenvalue weighted by Gasteiger charge is 2.31. The Morgan fingerprint density at radius 1 is 1.16 bits per heavy atom. The summed E-state index contributed by atoms with van der Waals surface area (Å²) in [5, 5.41) is 3.27. The van der Waals surface area contributed by atoms with Gasteiger partial charge in [-0.1, -0.05) is 18.5 Å². The molecule has 1 aromatic carbocycles. The number of halogens is 1. The smallest absolute Gasteiger partial charge is 0.243 e. The normalized spacial score (nSPS) is 12.9. The van der Waals surface area contributed by atoms with Gasteiger partial charge in [-0.15, -0.1) is 0 Å². The van der Waals surface area contributed by atoms with Crippen molar-refractivity contribution in [2.45, 2.75) is 57.1 Å². The zero-order chi connectivity index (χ0) is 23.2. The van der Waals surface area contributed by atoms with Gasteiger partial charge in [-0.05, 0) is 63.6 Å². The molecule has 31 heavy (non-hydrogen) atoms. The van der Waals surface area contributed by atoms with Crippen molar-refractivity contribution in [2.24, 2.45) is 0 Å². The van der Waals surface area contributed by atoms with Gasteiger partial charge < -0.3 is 14.6 Å². The fourth-order valence-corrected chi connectivity index (χ4v) is 4.00. The van der Waals surface area contributed by atoms with E-state index in [0.717, 1.165) is 0 Å². The number of benzene rings is 1. The van der Waals surface area contributed by atoms with E-state index < -0.39 is 34.1 Å². The van der Waals surface area contributed by atoms with Gasteiger partial charge in [-0.25, -0.2) is 13.1 Å². The molecular weight excluding hydrogens is 442 g/mol. The predicted molar refractivity (Wildman–Crippen MR) is 118 cm³/mol. The van der Waals surface area contributed by atoms with Gasteiger partial charge in [0.1, 0.15) is 11.8 Å². The van der Waals surface area contributed by atoms with E-state index in [1.165, 1.54) is 35.4 Å². The SMILES string of the molecule is CC[C@@H](C(=O)NC(C)(C)C)N(Cc1ccco1)C(=O)CNS(=O)(=O)c1ccc(Cl)cc1. The van der Waals surface area contributed by atoms with E-state index in [9.17, 15) is 18.0 Å². The fourth-order valence-electron chi connectivity index (χ4n) is 2.90. The van der Waals surface area contributed by atoms with Gasteiger partial charge >= 0.3 is 0 Å². The molecule has 0 aliphatic rings. The van der Waals surface area contributed by atoms with E-state index in [-0.39, 0.29) is 17.3 Å². The number of hydrogen-bond donors (Lipinski definition) is 2. The number of carbonyl (C=O) groups is 2. The predicted octanol–water partition coefficient (Wildman–Crippen LogP) is 2.93. The molecule has 8 nitrogen and oxygen atoms in total. The largest absolute Gasteiger partial charge is 0.467 e. The van der Waals surface area contributed by atoms with Gasteiger partial charge in [-0.3, -0.25) is 9.59 Å². The summed E-state index contributed by atoms with van der Waals surface area (Å²) >= 11 is 5.80. The summed E-state index contributed by atoms with van der Waals surface area (Å²) in [6, 6.07) is 8.17. The molecule has 1 atom stereocenters. The lowest BCUT2D eigenvalue weighted by molar-refractivity contribution is -0.141. The van der Waals surface area contributed by atoms with E-state index >= 15 is 0 Å². The Bertz CT molecular complexity index is 983. The van der Waals surface area contributed by atoms with Crippen LogP contribution in [0.2, 0.25) is 5.02 Å². The average molecular weight is 470 g/mol. The molecule has 2 rings (SSSR count). The van der Waals surface area contributed by atoms with Crippen LogP contribution in [0.1, 0.15) is 39.9 Å². The first kappa shape index (κ1) is 24.9. The van der Waals surface area contributed by atoms with Crippen molar-refractivity contribution >= 4 is 33.4 Å². The van der Waals surface area contributed by atoms with Crippen LogP contribution >= 0.6 is 11.6 Å². The third-order valence-electron chi connectivity index (χ3n) is 4.33. The zero-order valence-corrected chi connectivity index (χ0v) is 19.6. The fraction of sp³-hybridized carbons (Fsp3) is 0.429. The van der Waals surface area contributed by atoms with Crippen LogP contribution in [0, 0.1) is 0 Å². The number of nitrogens with one attached hydrogen (secondary N) is 2. The van der Waals surface area contributed by atoms with Crippen molar-refractivity contribution in [3.8, 4) is 0 Å². The molecule has 0 unspecified atom stereocenters. The lowest BCUT2D eigenvalue weighted by Gasteiger charge is -2.32. The van der Waals surface area contributed by atoms with E-state index in [2.05, 4.69) is 10.0 Å². The molecule has 0 bridgehead atoms. The first-order valence-corrected chi connectivity index (χ1v) is 11.7. The molecule has 0 saturated heterocycles. The maximum Gasteiger partial charge on any atom is 0.243 e. The quantitative estimate of drug-likeness (QED) is 0.586. The minimum absolute atomic E-state index is 0.0141. The average Bonchev–Trinajstić information content (AvgIpc) is 3.18. The van der Waals surface area contributed by atoms with Crippen LogP contribution < -0.4 is 10.0 Å². The third-order valence-corrected chi connectivity index (χ3v) is 6.00. The summed E-state index contributed by atoms with van der Waals surface area (Å²) in [7, 11) is -3.93. The molecule has 0 radical (unpaired) electrons. The van der Waals surface area contributed by atoms with Crippen molar-refractivity contribution in [1.29, 1.82) is 0 Å². The Morgan fingerprint density at radius 2 is 1.81 bits per heavy atom. The van der Waals surface area contributed by atoms with Crippen molar-refractivity contribution < 1.29 is 22.4 Å². The standard InChI is InChI=1S/C21H28ClN3O5S/c1-5-18(20(27)24-21(2,3)4)25(14-16-7-6-12-30-16)19(26)13-23-31(28,29)17-10-8-15(22)9-11-17/h6-12,18,23H,5,13-14H2,1-4H3,(H,24,27)/t18-/m0/s1. The summed E-state index contributed by atoms with van der Waals surface area (Å²) in [5.41, 5.74) is -0.486. The number of nitrogens with zero attached hydrogens (tertiary/aromatic N) is 1. The Balaban J connectivity index is 2.21. The van der Waals surface area contributed by atoms with Gasteiger partial charge in [0, 0.05) is 10.6 Å². The van der Waals surface area contributed by atoms with Crippen LogP contribution in [0.15, 0.2) is 52.0 Å². The zero-order valence-electron chi connectivity index (χ0n) is 18.0. The van der Waals surface area contributed by atoms with Crippen molar-refractivity contribution in [3.63, 3.8) is 0 Å². The van der Waals surface area contributed by atoms with Crippen molar-refractivity contribution in [3.05, 3.63) is 53.4 Å². The second-order valence-electron chi connectivity index (χ2n) is 8.04. The Morgan fingerprint density at radius 3 is 2.32 bits per heavy atom. The lowest BCUT2D eigenvalue weighted by atomic mass is 10.1. The molecule has 2 amide bonds. The van der Waals surface area contributed by atoms with E-state index in [4.69, 9.17) is 16.0 Å². The Hall–Kier alpha value is -2.36. The van der Waals surface area contributed by atoms with Crippen LogP contribution in [-0.4, -0.2) is 43.3 Å². The number of sulfonamides is 1. The molecule has 0 fully saturated rings. The number of hydrogen-bond acceptors (Lipinski definition) is 5. The van der Waals surface area contributed by atoms with Gasteiger partial charge in [0.2, 0.25) is 21.8 Å². The lowest BCUT2D eigenvalue weighted by Crippen LogP contribution is -2.54. The highest BCUT2D eigenvalue weighted by Crippen LogP contribution is 2.16. The van der Waals surface area contributed by atoms with E-state index in [1.54, 1.807) is 19.1 Å². The number of rotatable bonds is 9. The topological polar surface area (TPSA) is 109 Å². The molecule has 0 aliphatic carbocycles. The molecule has 0 saturated carbocycles. The summed E-state index contributed by atoms with van der Waals surface area (Å²) in [6.45, 7) is 6.84. The molecule has 10 heteroatoms. The minimum Gasteiger partial charge on any atom is -0.467 e. The van der Waals surface area contributed by atoms with Crippen LogP contribution in [0.4, 0.5) is 0 Å². The van der Waals surface area contributed by atoms with Gasteiger partial charge in [-0.2, -0.15) is 0 Å². The molecule has 2 aromatic rings. The summed E-state index contributed by atoms with van der Waals surface area (Å²) in [4.78, 5) is 27.2. The van der Waals surface area contributed by atoms with Crippen LogP contribution in [-0.2, 0) is 26.2 Å². The second kappa shape index (κ2) is 10.3. The van der Waals surface area contributed by atoms with Crippen LogP contribution in [0.25, 0.3) is 0 Å². The highest BCUT2D eigenvalue weighted by molar-refractivity contribution is 7.89. The van der Waals surface area contributed by atoms with Gasteiger partial charge in [0.15, 0.2) is 0 Å². The minimum atomic E-state index is -3.93. The molecule has 2 N–H and O–H groups in total. The second-order valence-corrected chi connectivity index (χ2v) is 10.2.